The van der Waals surface area contributed by atoms with Crippen molar-refractivity contribution in [1.82, 2.24) is 10.2 Å². The van der Waals surface area contributed by atoms with Crippen molar-refractivity contribution in [3.8, 4) is 0 Å². The predicted molar refractivity (Wildman–Crippen MR) is 87.3 cm³/mol. The molecule has 0 bridgehead atoms. The second kappa shape index (κ2) is 8.15. The standard InChI is InChI=1S/C17H27N3O/c1-14(13-20-10-6-3-7-11-20)18-12-16-8-4-5-9-17(16)19-15(2)21/h4-5,8-9,14,18H,3,6-7,10-13H2,1-2H3,(H,19,21). The van der Waals surface area contributed by atoms with E-state index in [1.54, 1.807) is 6.92 Å². The Morgan fingerprint density at radius 1 is 1.24 bits per heavy atom. The zero-order chi connectivity index (χ0) is 15.1. The topological polar surface area (TPSA) is 44.4 Å². The average molecular weight is 289 g/mol. The molecule has 0 radical (unpaired) electrons. The normalized spacial score (nSPS) is 17.4. The fraction of sp³-hybridized carbons (Fsp3) is 0.588. The summed E-state index contributed by atoms with van der Waals surface area (Å²) in [5.74, 6) is -0.0242. The summed E-state index contributed by atoms with van der Waals surface area (Å²) in [4.78, 5) is 13.8. The van der Waals surface area contributed by atoms with Crippen LogP contribution in [0.3, 0.4) is 0 Å². The highest BCUT2D eigenvalue weighted by molar-refractivity contribution is 5.89. The molecule has 116 valence electrons. The molecule has 2 N–H and O–H groups in total. The average Bonchev–Trinajstić information content (AvgIpc) is 2.47. The fourth-order valence-corrected chi connectivity index (χ4v) is 2.86. The highest BCUT2D eigenvalue weighted by Gasteiger charge is 2.13. The van der Waals surface area contributed by atoms with Gasteiger partial charge in [-0.25, -0.2) is 0 Å². The van der Waals surface area contributed by atoms with Gasteiger partial charge in [-0.1, -0.05) is 24.6 Å². The summed E-state index contributed by atoms with van der Waals surface area (Å²) in [6.07, 6.45) is 4.04. The quantitative estimate of drug-likeness (QED) is 0.846. The molecule has 4 heteroatoms. The lowest BCUT2D eigenvalue weighted by Gasteiger charge is -2.29. The Balaban J connectivity index is 1.82. The number of nitrogens with zero attached hydrogens (tertiary/aromatic N) is 1. The molecule has 1 aromatic carbocycles. The number of para-hydroxylation sites is 1. The van der Waals surface area contributed by atoms with Crippen molar-refractivity contribution in [3.63, 3.8) is 0 Å². The number of likely N-dealkylation sites (tertiary alicyclic amines) is 1. The number of amides is 1. The van der Waals surface area contributed by atoms with E-state index in [-0.39, 0.29) is 5.91 Å². The van der Waals surface area contributed by atoms with Crippen molar-refractivity contribution in [1.29, 1.82) is 0 Å². The first-order chi connectivity index (χ1) is 10.1. The minimum absolute atomic E-state index is 0.0242. The van der Waals surface area contributed by atoms with Crippen LogP contribution in [0, 0.1) is 0 Å². The van der Waals surface area contributed by atoms with Crippen LogP contribution >= 0.6 is 0 Å². The number of piperidine rings is 1. The highest BCUT2D eigenvalue weighted by Crippen LogP contribution is 2.15. The van der Waals surface area contributed by atoms with Gasteiger partial charge in [0, 0.05) is 31.7 Å². The Labute approximate surface area is 127 Å². The molecule has 1 heterocycles. The number of hydrogen-bond acceptors (Lipinski definition) is 3. The zero-order valence-electron chi connectivity index (χ0n) is 13.2. The van der Waals surface area contributed by atoms with Crippen LogP contribution in [0.4, 0.5) is 5.69 Å². The number of hydrogen-bond donors (Lipinski definition) is 2. The van der Waals surface area contributed by atoms with E-state index in [2.05, 4.69) is 28.5 Å². The van der Waals surface area contributed by atoms with Gasteiger partial charge in [0.25, 0.3) is 0 Å². The van der Waals surface area contributed by atoms with E-state index in [0.717, 1.165) is 24.3 Å². The van der Waals surface area contributed by atoms with Crippen LogP contribution in [0.15, 0.2) is 24.3 Å². The van der Waals surface area contributed by atoms with E-state index in [0.29, 0.717) is 6.04 Å². The van der Waals surface area contributed by atoms with Gasteiger partial charge >= 0.3 is 0 Å². The molecule has 1 atom stereocenters. The molecule has 0 aromatic heterocycles. The minimum atomic E-state index is -0.0242. The lowest BCUT2D eigenvalue weighted by Crippen LogP contribution is -2.41. The van der Waals surface area contributed by atoms with Gasteiger partial charge in [0.05, 0.1) is 0 Å². The first kappa shape index (κ1) is 16.0. The first-order valence-electron chi connectivity index (χ1n) is 7.96. The number of carbonyl (C=O) groups excluding carboxylic acids is 1. The molecule has 1 aliphatic rings. The number of nitrogens with one attached hydrogen (secondary N) is 2. The number of anilines is 1. The van der Waals surface area contributed by atoms with Crippen molar-refractivity contribution >= 4 is 11.6 Å². The summed E-state index contributed by atoms with van der Waals surface area (Å²) in [5.41, 5.74) is 2.04. The van der Waals surface area contributed by atoms with Crippen molar-refractivity contribution < 1.29 is 4.79 Å². The molecule has 2 rings (SSSR count). The van der Waals surface area contributed by atoms with E-state index in [9.17, 15) is 4.79 Å². The molecule has 1 unspecified atom stereocenters. The second-order valence-corrected chi connectivity index (χ2v) is 5.98. The third-order valence-electron chi connectivity index (χ3n) is 3.95. The monoisotopic (exact) mass is 289 g/mol. The third-order valence-corrected chi connectivity index (χ3v) is 3.95. The molecular weight excluding hydrogens is 262 g/mol. The minimum Gasteiger partial charge on any atom is -0.326 e. The summed E-state index contributed by atoms with van der Waals surface area (Å²) in [6.45, 7) is 8.12. The molecule has 0 saturated carbocycles. The highest BCUT2D eigenvalue weighted by atomic mass is 16.1. The number of benzene rings is 1. The van der Waals surface area contributed by atoms with Crippen LogP contribution in [0.25, 0.3) is 0 Å². The van der Waals surface area contributed by atoms with Gasteiger partial charge in [-0.3, -0.25) is 4.79 Å². The summed E-state index contributed by atoms with van der Waals surface area (Å²) in [7, 11) is 0. The summed E-state index contributed by atoms with van der Waals surface area (Å²) in [6, 6.07) is 8.43. The van der Waals surface area contributed by atoms with Gasteiger partial charge in [-0.15, -0.1) is 0 Å². The molecule has 1 aliphatic heterocycles. The summed E-state index contributed by atoms with van der Waals surface area (Å²) < 4.78 is 0. The number of rotatable bonds is 6. The van der Waals surface area contributed by atoms with Crippen molar-refractivity contribution in [2.75, 3.05) is 25.0 Å². The van der Waals surface area contributed by atoms with E-state index >= 15 is 0 Å². The van der Waals surface area contributed by atoms with Crippen molar-refractivity contribution in [3.05, 3.63) is 29.8 Å². The smallest absolute Gasteiger partial charge is 0.221 e. The van der Waals surface area contributed by atoms with Gasteiger partial charge in [-0.2, -0.15) is 0 Å². The molecule has 0 aliphatic carbocycles. The van der Waals surface area contributed by atoms with Crippen LogP contribution < -0.4 is 10.6 Å². The third kappa shape index (κ3) is 5.48. The van der Waals surface area contributed by atoms with Gasteiger partial charge in [0.1, 0.15) is 0 Å². The van der Waals surface area contributed by atoms with Crippen molar-refractivity contribution in [2.45, 2.75) is 45.7 Å². The van der Waals surface area contributed by atoms with Crippen molar-refractivity contribution in [2.24, 2.45) is 0 Å². The van der Waals surface area contributed by atoms with Crippen LogP contribution in [-0.2, 0) is 11.3 Å². The molecular formula is C17H27N3O. The Morgan fingerprint density at radius 2 is 1.95 bits per heavy atom. The second-order valence-electron chi connectivity index (χ2n) is 5.98. The SMILES string of the molecule is CC(=O)Nc1ccccc1CNC(C)CN1CCCCC1. The van der Waals surface area contributed by atoms with Gasteiger partial charge in [-0.05, 0) is 44.5 Å². The predicted octanol–water partition coefficient (Wildman–Crippen LogP) is 2.61. The van der Waals surface area contributed by atoms with E-state index in [1.807, 2.05) is 18.2 Å². The van der Waals surface area contributed by atoms with E-state index in [4.69, 9.17) is 0 Å². The zero-order valence-corrected chi connectivity index (χ0v) is 13.2. The van der Waals surface area contributed by atoms with Crippen LogP contribution in [-0.4, -0.2) is 36.5 Å². The van der Waals surface area contributed by atoms with Gasteiger partial charge < -0.3 is 15.5 Å². The Morgan fingerprint density at radius 3 is 2.67 bits per heavy atom. The Bertz CT molecular complexity index is 455. The number of carbonyl (C=O) groups is 1. The Hall–Kier alpha value is -1.39. The maximum absolute atomic E-state index is 11.2. The largest absolute Gasteiger partial charge is 0.326 e. The molecule has 1 aromatic rings. The van der Waals surface area contributed by atoms with E-state index < -0.39 is 0 Å². The molecule has 0 spiro atoms. The van der Waals surface area contributed by atoms with Gasteiger partial charge in [0.2, 0.25) is 5.91 Å². The first-order valence-corrected chi connectivity index (χ1v) is 7.96. The molecule has 21 heavy (non-hydrogen) atoms. The van der Waals surface area contributed by atoms with Gasteiger partial charge in [0.15, 0.2) is 0 Å². The van der Waals surface area contributed by atoms with Crippen LogP contribution in [0.2, 0.25) is 0 Å². The molecule has 4 nitrogen and oxygen atoms in total. The molecule has 1 fully saturated rings. The fourth-order valence-electron chi connectivity index (χ4n) is 2.86. The molecule has 1 saturated heterocycles. The van der Waals surface area contributed by atoms with Crippen LogP contribution in [0.1, 0.15) is 38.7 Å². The maximum atomic E-state index is 11.2. The Kier molecular flexibility index (Phi) is 6.21. The lowest BCUT2D eigenvalue weighted by molar-refractivity contribution is -0.114. The van der Waals surface area contributed by atoms with Crippen LogP contribution in [0.5, 0.6) is 0 Å². The maximum Gasteiger partial charge on any atom is 0.221 e. The summed E-state index contributed by atoms with van der Waals surface area (Å²) in [5, 5.41) is 6.46. The molecule has 1 amide bonds. The van der Waals surface area contributed by atoms with E-state index in [1.165, 1.54) is 32.4 Å². The summed E-state index contributed by atoms with van der Waals surface area (Å²) >= 11 is 0. The lowest BCUT2D eigenvalue weighted by atomic mass is 10.1.